The summed E-state index contributed by atoms with van der Waals surface area (Å²) >= 11 is 0. The normalized spacial score (nSPS) is 8.40. The average Bonchev–Trinajstić information content (AvgIpc) is 2.01. The Hall–Kier alpha value is -0.120. The molecule has 0 saturated heterocycles. The van der Waals surface area contributed by atoms with Gasteiger partial charge in [0.15, 0.2) is 0 Å². The summed E-state index contributed by atoms with van der Waals surface area (Å²) in [5.74, 6) is 0. The first-order valence-electron chi connectivity index (χ1n) is 3.75. The second kappa shape index (κ2) is 15.9. The van der Waals surface area contributed by atoms with Gasteiger partial charge in [0, 0.05) is 13.2 Å². The Morgan fingerprint density at radius 1 is 1.10 bits per heavy atom. The molecular weight excluding hydrogens is 130 g/mol. The van der Waals surface area contributed by atoms with E-state index in [0.717, 1.165) is 25.8 Å². The van der Waals surface area contributed by atoms with E-state index in [2.05, 4.69) is 6.92 Å². The number of hydrogen-bond donors (Lipinski definition) is 3. The van der Waals surface area contributed by atoms with Crippen LogP contribution in [0.1, 0.15) is 26.2 Å². The van der Waals surface area contributed by atoms with Gasteiger partial charge in [0.1, 0.15) is 0 Å². The van der Waals surface area contributed by atoms with Gasteiger partial charge in [-0.15, -0.1) is 0 Å². The number of nitrogens with two attached hydrogens (primary N) is 1. The van der Waals surface area contributed by atoms with E-state index in [-0.39, 0.29) is 13.2 Å². The summed E-state index contributed by atoms with van der Waals surface area (Å²) in [5, 5.41) is 16.2. The molecule has 0 aliphatic rings. The van der Waals surface area contributed by atoms with Crippen LogP contribution >= 0.6 is 0 Å². The first kappa shape index (κ1) is 12.5. The van der Waals surface area contributed by atoms with Crippen LogP contribution in [0.25, 0.3) is 0 Å². The topological polar surface area (TPSA) is 66.5 Å². The average molecular weight is 149 g/mol. The van der Waals surface area contributed by atoms with E-state index in [1.54, 1.807) is 0 Å². The smallest absolute Gasteiger partial charge is 0.0431 e. The maximum atomic E-state index is 8.09. The van der Waals surface area contributed by atoms with E-state index in [1.165, 1.54) is 0 Å². The Kier molecular flexibility index (Phi) is 20.0. The van der Waals surface area contributed by atoms with Gasteiger partial charge in [-0.2, -0.15) is 0 Å². The van der Waals surface area contributed by atoms with Crippen molar-refractivity contribution in [2.75, 3.05) is 19.8 Å². The number of unbranched alkanes of at least 4 members (excludes halogenated alkanes) is 1. The summed E-state index contributed by atoms with van der Waals surface area (Å²) in [4.78, 5) is 0. The Morgan fingerprint density at radius 2 is 1.40 bits per heavy atom. The summed E-state index contributed by atoms with van der Waals surface area (Å²) in [6.07, 6.45) is 2.53. The highest BCUT2D eigenvalue weighted by Crippen LogP contribution is 1.80. The third kappa shape index (κ3) is 24.8. The molecule has 4 N–H and O–H groups in total. The van der Waals surface area contributed by atoms with Gasteiger partial charge in [0.25, 0.3) is 0 Å². The van der Waals surface area contributed by atoms with Crippen molar-refractivity contribution in [3.05, 3.63) is 0 Å². The maximum absolute atomic E-state index is 8.09. The van der Waals surface area contributed by atoms with E-state index in [9.17, 15) is 0 Å². The molecule has 0 aliphatic carbocycles. The van der Waals surface area contributed by atoms with E-state index in [1.807, 2.05) is 0 Å². The van der Waals surface area contributed by atoms with Crippen molar-refractivity contribution in [3.63, 3.8) is 0 Å². The van der Waals surface area contributed by atoms with Crippen LogP contribution in [-0.2, 0) is 0 Å². The molecule has 0 bridgehead atoms. The largest absolute Gasteiger partial charge is 0.396 e. The molecule has 0 aromatic rings. The zero-order valence-electron chi connectivity index (χ0n) is 6.71. The quantitative estimate of drug-likeness (QED) is 0.497. The zero-order valence-corrected chi connectivity index (χ0v) is 6.71. The summed E-state index contributed by atoms with van der Waals surface area (Å²) in [6, 6.07) is 0. The molecule has 0 aromatic carbocycles. The molecule has 0 atom stereocenters. The molecular formula is C7H19NO2. The summed E-state index contributed by atoms with van der Waals surface area (Å²) in [5.41, 5.74) is 5.03. The Labute approximate surface area is 62.9 Å². The van der Waals surface area contributed by atoms with Crippen molar-refractivity contribution in [1.82, 2.24) is 0 Å². The van der Waals surface area contributed by atoms with Crippen LogP contribution in [0.4, 0.5) is 0 Å². The Balaban J connectivity index is 0. The number of aliphatic hydroxyl groups excluding tert-OH is 2. The zero-order chi connectivity index (χ0) is 8.24. The predicted octanol–water partition coefficient (Wildman–Crippen LogP) is 0.106. The first-order valence-corrected chi connectivity index (χ1v) is 3.75. The van der Waals surface area contributed by atoms with Gasteiger partial charge in [0.05, 0.1) is 0 Å². The molecule has 0 fully saturated rings. The molecule has 64 valence electrons. The highest BCUT2D eigenvalue weighted by atomic mass is 16.3. The lowest BCUT2D eigenvalue weighted by atomic mass is 10.3. The standard InChI is InChI=1S/C4H10O2.C3H9N/c5-3-1-2-4-6;1-2-3-4/h5-6H,1-4H2;2-4H2,1H3. The molecule has 0 spiro atoms. The predicted molar refractivity (Wildman–Crippen MR) is 42.8 cm³/mol. The molecule has 0 saturated carbocycles. The molecule has 0 amide bonds. The SMILES string of the molecule is CCCN.OCCCCO. The van der Waals surface area contributed by atoms with Crippen molar-refractivity contribution < 1.29 is 10.2 Å². The first-order chi connectivity index (χ1) is 4.83. The number of hydrogen-bond acceptors (Lipinski definition) is 3. The molecule has 0 rings (SSSR count). The lowest BCUT2D eigenvalue weighted by Crippen LogP contribution is -1.93. The molecule has 0 aliphatic heterocycles. The Morgan fingerprint density at radius 3 is 1.50 bits per heavy atom. The highest BCUT2D eigenvalue weighted by molar-refractivity contribution is 4.30. The molecule has 0 radical (unpaired) electrons. The summed E-state index contributed by atoms with van der Waals surface area (Å²) in [6.45, 7) is 3.27. The molecule has 3 nitrogen and oxygen atoms in total. The molecule has 0 unspecified atom stereocenters. The number of rotatable bonds is 4. The fraction of sp³-hybridized carbons (Fsp3) is 1.00. The van der Waals surface area contributed by atoms with Gasteiger partial charge < -0.3 is 15.9 Å². The second-order valence-electron chi connectivity index (χ2n) is 1.94. The second-order valence-corrected chi connectivity index (χ2v) is 1.94. The van der Waals surface area contributed by atoms with Crippen molar-refractivity contribution in [1.29, 1.82) is 0 Å². The summed E-state index contributed by atoms with van der Waals surface area (Å²) < 4.78 is 0. The van der Waals surface area contributed by atoms with Gasteiger partial charge in [0.2, 0.25) is 0 Å². The molecule has 3 heteroatoms. The van der Waals surface area contributed by atoms with Crippen molar-refractivity contribution >= 4 is 0 Å². The molecule has 10 heavy (non-hydrogen) atoms. The van der Waals surface area contributed by atoms with Crippen molar-refractivity contribution in [3.8, 4) is 0 Å². The highest BCUT2D eigenvalue weighted by Gasteiger charge is 1.77. The van der Waals surface area contributed by atoms with Crippen LogP contribution in [0.3, 0.4) is 0 Å². The van der Waals surface area contributed by atoms with E-state index in [4.69, 9.17) is 15.9 Å². The minimum absolute atomic E-state index is 0.195. The van der Waals surface area contributed by atoms with Crippen molar-refractivity contribution in [2.24, 2.45) is 5.73 Å². The number of aliphatic hydroxyl groups is 2. The maximum Gasteiger partial charge on any atom is 0.0431 e. The lowest BCUT2D eigenvalue weighted by molar-refractivity contribution is 0.242. The Bertz CT molecular complexity index is 36.6. The van der Waals surface area contributed by atoms with Gasteiger partial charge in [-0.05, 0) is 25.8 Å². The monoisotopic (exact) mass is 149 g/mol. The van der Waals surface area contributed by atoms with Gasteiger partial charge in [-0.25, -0.2) is 0 Å². The van der Waals surface area contributed by atoms with E-state index >= 15 is 0 Å². The van der Waals surface area contributed by atoms with Crippen LogP contribution in [-0.4, -0.2) is 30.0 Å². The van der Waals surface area contributed by atoms with Crippen LogP contribution in [0, 0.1) is 0 Å². The van der Waals surface area contributed by atoms with E-state index in [0.29, 0.717) is 0 Å². The van der Waals surface area contributed by atoms with Gasteiger partial charge in [-0.3, -0.25) is 0 Å². The lowest BCUT2D eigenvalue weighted by Gasteiger charge is -1.85. The van der Waals surface area contributed by atoms with Crippen LogP contribution in [0.2, 0.25) is 0 Å². The molecule has 0 aromatic heterocycles. The minimum atomic E-state index is 0.195. The minimum Gasteiger partial charge on any atom is -0.396 e. The van der Waals surface area contributed by atoms with Crippen molar-refractivity contribution in [2.45, 2.75) is 26.2 Å². The third-order valence-corrected chi connectivity index (χ3v) is 0.855. The fourth-order valence-electron chi connectivity index (χ4n) is 0.224. The molecule has 0 heterocycles. The van der Waals surface area contributed by atoms with Gasteiger partial charge >= 0.3 is 0 Å². The van der Waals surface area contributed by atoms with Crippen LogP contribution < -0.4 is 5.73 Å². The van der Waals surface area contributed by atoms with E-state index < -0.39 is 0 Å². The van der Waals surface area contributed by atoms with Crippen LogP contribution in [0.5, 0.6) is 0 Å². The van der Waals surface area contributed by atoms with Crippen LogP contribution in [0.15, 0.2) is 0 Å². The fourth-order valence-corrected chi connectivity index (χ4v) is 0.224. The van der Waals surface area contributed by atoms with Gasteiger partial charge in [-0.1, -0.05) is 6.92 Å². The summed E-state index contributed by atoms with van der Waals surface area (Å²) in [7, 11) is 0. The third-order valence-electron chi connectivity index (χ3n) is 0.855.